The molecule has 0 N–H and O–H groups in total. The van der Waals surface area contributed by atoms with E-state index in [-0.39, 0.29) is 5.56 Å². The Morgan fingerprint density at radius 3 is 2.81 bits per heavy atom. The number of hydrogen-bond donors (Lipinski definition) is 0. The summed E-state index contributed by atoms with van der Waals surface area (Å²) in [6, 6.07) is 3.26. The lowest BCUT2D eigenvalue weighted by molar-refractivity contribution is -0.137. The minimum Gasteiger partial charge on any atom is -0.463 e. The Kier molecular flexibility index (Phi) is 4.51. The third-order valence-electron chi connectivity index (χ3n) is 2.06. The van der Waals surface area contributed by atoms with Gasteiger partial charge in [-0.1, -0.05) is 0 Å². The predicted molar refractivity (Wildman–Crippen MR) is 62.0 cm³/mol. The van der Waals surface area contributed by atoms with E-state index in [4.69, 9.17) is 4.74 Å². The van der Waals surface area contributed by atoms with E-state index in [2.05, 4.69) is 0 Å². The van der Waals surface area contributed by atoms with Gasteiger partial charge >= 0.3 is 5.97 Å². The first-order valence-corrected chi connectivity index (χ1v) is 5.22. The maximum Gasteiger partial charge on any atom is 0.330 e. The molecule has 1 aromatic heterocycles. The van der Waals surface area contributed by atoms with Crippen LogP contribution in [0.5, 0.6) is 0 Å². The second-order valence-corrected chi connectivity index (χ2v) is 3.17. The van der Waals surface area contributed by atoms with Crippen LogP contribution in [0.2, 0.25) is 0 Å². The largest absolute Gasteiger partial charge is 0.463 e. The maximum atomic E-state index is 11.5. The fraction of sp³-hybridized carbons (Fsp3) is 0.333. The van der Waals surface area contributed by atoms with Crippen molar-refractivity contribution in [2.24, 2.45) is 0 Å². The van der Waals surface area contributed by atoms with E-state index in [1.165, 1.54) is 12.1 Å². The Labute approximate surface area is 94.2 Å². The number of ether oxygens (including phenoxy) is 1. The van der Waals surface area contributed by atoms with Crippen LogP contribution in [0.25, 0.3) is 6.08 Å². The summed E-state index contributed by atoms with van der Waals surface area (Å²) in [6.07, 6.45) is 4.58. The maximum absolute atomic E-state index is 11.5. The molecule has 1 heterocycles. The zero-order valence-corrected chi connectivity index (χ0v) is 9.47. The lowest BCUT2D eigenvalue weighted by Crippen LogP contribution is -2.17. The van der Waals surface area contributed by atoms with Crippen molar-refractivity contribution in [3.8, 4) is 0 Å². The lowest BCUT2D eigenvalue weighted by Gasteiger charge is -2.00. The topological polar surface area (TPSA) is 48.3 Å². The number of pyridine rings is 1. The molecule has 0 unspecified atom stereocenters. The fourth-order valence-corrected chi connectivity index (χ4v) is 1.24. The molecule has 0 aliphatic carbocycles. The van der Waals surface area contributed by atoms with Crippen molar-refractivity contribution in [2.75, 3.05) is 6.61 Å². The first-order chi connectivity index (χ1) is 7.67. The van der Waals surface area contributed by atoms with Gasteiger partial charge in [0.05, 0.1) is 6.61 Å². The molecule has 0 saturated carbocycles. The molecule has 0 fully saturated rings. The van der Waals surface area contributed by atoms with E-state index in [0.29, 0.717) is 18.7 Å². The summed E-state index contributed by atoms with van der Waals surface area (Å²) in [4.78, 5) is 22.5. The Morgan fingerprint density at radius 2 is 2.25 bits per heavy atom. The van der Waals surface area contributed by atoms with Crippen LogP contribution in [0, 0.1) is 0 Å². The highest BCUT2D eigenvalue weighted by Gasteiger charge is 1.96. The first kappa shape index (κ1) is 12.2. The van der Waals surface area contributed by atoms with Crippen molar-refractivity contribution < 1.29 is 9.53 Å². The van der Waals surface area contributed by atoms with Crippen LogP contribution in [0.4, 0.5) is 0 Å². The van der Waals surface area contributed by atoms with Gasteiger partial charge in [0.1, 0.15) is 0 Å². The third kappa shape index (κ3) is 3.38. The smallest absolute Gasteiger partial charge is 0.330 e. The van der Waals surface area contributed by atoms with Crippen molar-refractivity contribution >= 4 is 12.0 Å². The number of carbonyl (C=O) groups excluding carboxylic acids is 1. The predicted octanol–water partition coefficient (Wildman–Crippen LogP) is 1.44. The minimum atomic E-state index is -0.401. The molecule has 86 valence electrons. The molecule has 0 spiro atoms. The number of hydrogen-bond acceptors (Lipinski definition) is 3. The van der Waals surface area contributed by atoms with Gasteiger partial charge in [-0.3, -0.25) is 4.79 Å². The number of carbonyl (C=O) groups is 1. The number of rotatable bonds is 4. The quantitative estimate of drug-likeness (QED) is 0.571. The Morgan fingerprint density at radius 1 is 1.50 bits per heavy atom. The zero-order chi connectivity index (χ0) is 12.0. The fourth-order valence-electron chi connectivity index (χ4n) is 1.24. The molecule has 0 aliphatic rings. The highest BCUT2D eigenvalue weighted by atomic mass is 16.5. The summed E-state index contributed by atoms with van der Waals surface area (Å²) >= 11 is 0. The van der Waals surface area contributed by atoms with E-state index in [0.717, 1.165) is 0 Å². The molecule has 16 heavy (non-hydrogen) atoms. The second kappa shape index (κ2) is 5.90. The molecule has 0 aromatic carbocycles. The summed E-state index contributed by atoms with van der Waals surface area (Å²) in [7, 11) is 0. The average Bonchev–Trinajstić information content (AvgIpc) is 2.27. The van der Waals surface area contributed by atoms with Crippen molar-refractivity contribution in [2.45, 2.75) is 20.4 Å². The van der Waals surface area contributed by atoms with E-state index < -0.39 is 5.97 Å². The monoisotopic (exact) mass is 221 g/mol. The number of aromatic nitrogens is 1. The lowest BCUT2D eigenvalue weighted by atomic mass is 10.2. The standard InChI is InChI=1S/C12H15NO3/c1-3-13-8-7-10(9-11(13)14)5-6-12(15)16-4-2/h5-9H,3-4H2,1-2H3/b6-5+. The molecule has 0 saturated heterocycles. The Hall–Kier alpha value is -1.84. The first-order valence-electron chi connectivity index (χ1n) is 5.22. The van der Waals surface area contributed by atoms with Gasteiger partial charge in [0.25, 0.3) is 5.56 Å². The minimum absolute atomic E-state index is 0.0755. The molecule has 0 amide bonds. The van der Waals surface area contributed by atoms with E-state index in [1.54, 1.807) is 29.8 Å². The number of nitrogens with zero attached hydrogens (tertiary/aromatic N) is 1. The zero-order valence-electron chi connectivity index (χ0n) is 9.47. The Balaban J connectivity index is 2.79. The van der Waals surface area contributed by atoms with Crippen LogP contribution in [0.1, 0.15) is 19.4 Å². The van der Waals surface area contributed by atoms with Crippen molar-refractivity contribution in [1.29, 1.82) is 0 Å². The van der Waals surface area contributed by atoms with Gasteiger partial charge < -0.3 is 9.30 Å². The summed E-state index contributed by atoms with van der Waals surface area (Å²) in [5.41, 5.74) is 0.622. The molecule has 4 heteroatoms. The van der Waals surface area contributed by atoms with Gasteiger partial charge in [0, 0.05) is 24.9 Å². The van der Waals surface area contributed by atoms with Gasteiger partial charge in [-0.05, 0) is 31.6 Å². The highest BCUT2D eigenvalue weighted by molar-refractivity contribution is 5.86. The van der Waals surface area contributed by atoms with Crippen molar-refractivity contribution in [3.63, 3.8) is 0 Å². The average molecular weight is 221 g/mol. The van der Waals surface area contributed by atoms with E-state index >= 15 is 0 Å². The molecule has 4 nitrogen and oxygen atoms in total. The van der Waals surface area contributed by atoms with Crippen LogP contribution in [0.3, 0.4) is 0 Å². The number of esters is 1. The van der Waals surface area contributed by atoms with Crippen LogP contribution in [0.15, 0.2) is 29.2 Å². The normalized spacial score (nSPS) is 10.6. The van der Waals surface area contributed by atoms with Crippen LogP contribution >= 0.6 is 0 Å². The Bertz CT molecular complexity index is 446. The van der Waals surface area contributed by atoms with E-state index in [9.17, 15) is 9.59 Å². The van der Waals surface area contributed by atoms with Crippen molar-refractivity contribution in [1.82, 2.24) is 4.57 Å². The summed E-state index contributed by atoms with van der Waals surface area (Å²) in [5, 5.41) is 0. The van der Waals surface area contributed by atoms with Gasteiger partial charge in [-0.15, -0.1) is 0 Å². The summed E-state index contributed by atoms with van der Waals surface area (Å²) in [5.74, 6) is -0.401. The second-order valence-electron chi connectivity index (χ2n) is 3.17. The SMILES string of the molecule is CCOC(=O)/C=C/c1ccn(CC)c(=O)c1. The molecule has 1 rings (SSSR count). The van der Waals surface area contributed by atoms with Crippen LogP contribution < -0.4 is 5.56 Å². The molecule has 0 bridgehead atoms. The summed E-state index contributed by atoms with van der Waals surface area (Å²) < 4.78 is 6.31. The van der Waals surface area contributed by atoms with Gasteiger partial charge in [0.2, 0.25) is 0 Å². The molecule has 0 aliphatic heterocycles. The molecule has 0 atom stereocenters. The molecular weight excluding hydrogens is 206 g/mol. The van der Waals surface area contributed by atoms with Gasteiger partial charge in [-0.2, -0.15) is 0 Å². The van der Waals surface area contributed by atoms with Gasteiger partial charge in [-0.25, -0.2) is 4.79 Å². The van der Waals surface area contributed by atoms with Crippen molar-refractivity contribution in [3.05, 3.63) is 40.3 Å². The van der Waals surface area contributed by atoms with Gasteiger partial charge in [0.15, 0.2) is 0 Å². The van der Waals surface area contributed by atoms with E-state index in [1.807, 2.05) is 6.92 Å². The molecule has 1 aromatic rings. The third-order valence-corrected chi connectivity index (χ3v) is 2.06. The molecule has 0 radical (unpaired) electrons. The van der Waals surface area contributed by atoms with Crippen LogP contribution in [-0.4, -0.2) is 17.1 Å². The molecular formula is C12H15NO3. The number of aryl methyl sites for hydroxylation is 1. The summed E-state index contributed by atoms with van der Waals surface area (Å²) in [6.45, 7) is 4.63. The highest BCUT2D eigenvalue weighted by Crippen LogP contribution is 1.98. The van der Waals surface area contributed by atoms with Crippen LogP contribution in [-0.2, 0) is 16.1 Å².